The first-order valence-electron chi connectivity index (χ1n) is 16.3. The number of aliphatic hydroxyl groups is 1. The molecule has 0 saturated heterocycles. The summed E-state index contributed by atoms with van der Waals surface area (Å²) in [5.41, 5.74) is 7.10. The number of anilines is 1. The molecule has 10 nitrogen and oxygen atoms in total. The number of rotatable bonds is 18. The van der Waals surface area contributed by atoms with Gasteiger partial charge >= 0.3 is 6.09 Å². The molecule has 262 valence electrons. The summed E-state index contributed by atoms with van der Waals surface area (Å²) in [6.07, 6.45) is 1.64. The van der Waals surface area contributed by atoms with Crippen LogP contribution in [-0.4, -0.2) is 68.2 Å². The third-order valence-corrected chi connectivity index (χ3v) is 10.4. The zero-order valence-corrected chi connectivity index (χ0v) is 29.0. The Bertz CT molecular complexity index is 1520. The Labute approximate surface area is 283 Å². The zero-order chi connectivity index (χ0) is 35.3. The molecular weight excluding hydrogens is 635 g/mol. The quantitative estimate of drug-likeness (QED) is 0.131. The molecule has 3 atom stereocenters. The fraction of sp³-hybridized carbons (Fsp3) is 0.444. The van der Waals surface area contributed by atoms with Gasteiger partial charge in [0.25, 0.3) is 0 Å². The van der Waals surface area contributed by atoms with Gasteiger partial charge in [0.2, 0.25) is 15.9 Å². The van der Waals surface area contributed by atoms with E-state index in [9.17, 15) is 27.5 Å². The van der Waals surface area contributed by atoms with E-state index in [-0.39, 0.29) is 29.1 Å². The van der Waals surface area contributed by atoms with Crippen LogP contribution >= 0.6 is 0 Å². The molecule has 12 heteroatoms. The number of halogens is 1. The van der Waals surface area contributed by atoms with Crippen molar-refractivity contribution in [2.24, 2.45) is 5.92 Å². The van der Waals surface area contributed by atoms with Crippen molar-refractivity contribution in [1.82, 2.24) is 14.9 Å². The van der Waals surface area contributed by atoms with Gasteiger partial charge in [0.05, 0.1) is 24.3 Å². The number of amides is 2. The number of nitrogens with two attached hydrogens (primary N) is 1. The summed E-state index contributed by atoms with van der Waals surface area (Å²) in [7, 11) is -2.91. The smallest absolute Gasteiger partial charge is 0.407 e. The third-order valence-electron chi connectivity index (χ3n) is 8.44. The predicted molar refractivity (Wildman–Crippen MR) is 185 cm³/mol. The first-order valence-corrected chi connectivity index (χ1v) is 17.8. The second-order valence-electron chi connectivity index (χ2n) is 12.3. The summed E-state index contributed by atoms with van der Waals surface area (Å²) in [6, 6.07) is 20.2. The molecule has 0 heterocycles. The number of hydrogen-bond donors (Lipinski definition) is 4. The second kappa shape index (κ2) is 18.5. The Hall–Kier alpha value is -4.00. The number of nitrogens with one attached hydrogen (secondary N) is 2. The van der Waals surface area contributed by atoms with Gasteiger partial charge in [-0.25, -0.2) is 17.6 Å². The summed E-state index contributed by atoms with van der Waals surface area (Å²) in [6.45, 7) is 5.58. The standard InChI is InChI=1S/C36H49FN4O6S/c1-5-28(17-12-18-29(24-42)41(22-21-25(2)3)48(45,46)30-19-20-32(38)31(37)23-30)39-35(43)34(40-36(44)47-4)33(26-13-8-6-9-14-26)27-15-10-7-11-16-27/h6-11,13-16,19-20,23,25,28-29,33-34,42H,5,12,17-18,21-22,24,38H2,1-4H3,(H,39,43)(H,40,44). The van der Waals surface area contributed by atoms with Gasteiger partial charge in [0.15, 0.2) is 0 Å². The SMILES string of the molecule is CCC(CCCC(CO)N(CCC(C)C)S(=O)(=O)c1ccc(N)c(F)c1)NC(=O)C(NC(=O)OC)C(c1ccccc1)c1ccccc1. The van der Waals surface area contributed by atoms with Crippen LogP contribution in [0.15, 0.2) is 83.8 Å². The van der Waals surface area contributed by atoms with Crippen LogP contribution in [0.2, 0.25) is 0 Å². The van der Waals surface area contributed by atoms with Crippen molar-refractivity contribution in [2.45, 2.75) is 81.8 Å². The maximum absolute atomic E-state index is 14.3. The molecular formula is C36H49FN4O6S. The normalized spacial score (nSPS) is 13.7. The molecule has 0 fully saturated rings. The first-order chi connectivity index (χ1) is 22.9. The molecule has 5 N–H and O–H groups in total. The van der Waals surface area contributed by atoms with E-state index < -0.39 is 52.4 Å². The largest absolute Gasteiger partial charge is 0.453 e. The lowest BCUT2D eigenvalue weighted by atomic mass is 9.84. The van der Waals surface area contributed by atoms with Gasteiger partial charge in [0, 0.05) is 24.5 Å². The van der Waals surface area contributed by atoms with Crippen LogP contribution in [0.1, 0.15) is 69.9 Å². The number of methoxy groups -OCH3 is 1. The average Bonchev–Trinajstić information content (AvgIpc) is 3.08. The number of ether oxygens (including phenoxy) is 1. The number of benzene rings is 3. The molecule has 0 saturated carbocycles. The molecule has 0 radical (unpaired) electrons. The van der Waals surface area contributed by atoms with E-state index in [1.54, 1.807) is 0 Å². The third kappa shape index (κ3) is 10.5. The van der Waals surface area contributed by atoms with Crippen LogP contribution in [0.25, 0.3) is 0 Å². The number of hydrogen-bond acceptors (Lipinski definition) is 7. The molecule has 3 aromatic carbocycles. The van der Waals surface area contributed by atoms with Gasteiger partial charge in [-0.15, -0.1) is 0 Å². The number of nitrogens with zero attached hydrogens (tertiary/aromatic N) is 1. The van der Waals surface area contributed by atoms with Crippen molar-refractivity contribution in [2.75, 3.05) is 26.0 Å². The Morgan fingerprint density at radius 3 is 2.04 bits per heavy atom. The van der Waals surface area contributed by atoms with Crippen molar-refractivity contribution >= 4 is 27.7 Å². The van der Waals surface area contributed by atoms with Gasteiger partial charge in [-0.05, 0) is 67.3 Å². The zero-order valence-electron chi connectivity index (χ0n) is 28.1. The number of sulfonamides is 1. The molecule has 0 bridgehead atoms. The molecule has 0 aliphatic heterocycles. The summed E-state index contributed by atoms with van der Waals surface area (Å²) in [5.74, 6) is -1.55. The Balaban J connectivity index is 1.80. The molecule has 48 heavy (non-hydrogen) atoms. The van der Waals surface area contributed by atoms with Crippen molar-refractivity contribution < 1.29 is 32.2 Å². The van der Waals surface area contributed by atoms with E-state index >= 15 is 0 Å². The second-order valence-corrected chi connectivity index (χ2v) is 14.2. The maximum atomic E-state index is 14.3. The van der Waals surface area contributed by atoms with Gasteiger partial charge in [0.1, 0.15) is 11.9 Å². The fourth-order valence-corrected chi connectivity index (χ4v) is 7.34. The minimum Gasteiger partial charge on any atom is -0.453 e. The van der Waals surface area contributed by atoms with Crippen molar-refractivity contribution in [3.63, 3.8) is 0 Å². The van der Waals surface area contributed by atoms with Crippen LogP contribution in [0.5, 0.6) is 0 Å². The van der Waals surface area contributed by atoms with E-state index in [0.717, 1.165) is 17.2 Å². The Morgan fingerprint density at radius 1 is 0.938 bits per heavy atom. The molecule has 3 unspecified atom stereocenters. The molecule has 0 aliphatic carbocycles. The van der Waals surface area contributed by atoms with Crippen molar-refractivity contribution in [3.05, 3.63) is 95.8 Å². The van der Waals surface area contributed by atoms with Crippen LogP contribution in [0, 0.1) is 11.7 Å². The van der Waals surface area contributed by atoms with E-state index in [2.05, 4.69) is 10.6 Å². The highest BCUT2D eigenvalue weighted by atomic mass is 32.2. The van der Waals surface area contributed by atoms with Crippen molar-refractivity contribution in [1.29, 1.82) is 0 Å². The minimum atomic E-state index is -4.15. The Morgan fingerprint density at radius 2 is 1.54 bits per heavy atom. The highest BCUT2D eigenvalue weighted by molar-refractivity contribution is 7.89. The highest BCUT2D eigenvalue weighted by Crippen LogP contribution is 2.29. The minimum absolute atomic E-state index is 0.145. The molecule has 2 amide bonds. The molecule has 3 aromatic rings. The summed E-state index contributed by atoms with van der Waals surface area (Å²) in [4.78, 5) is 26.2. The van der Waals surface area contributed by atoms with E-state index in [0.29, 0.717) is 32.1 Å². The number of carbonyl (C=O) groups excluding carboxylic acids is 2. The lowest BCUT2D eigenvalue weighted by Crippen LogP contribution is -2.52. The summed E-state index contributed by atoms with van der Waals surface area (Å²) < 4.78 is 47.8. The van der Waals surface area contributed by atoms with Crippen LogP contribution in [0.3, 0.4) is 0 Å². The fourth-order valence-electron chi connectivity index (χ4n) is 5.67. The van der Waals surface area contributed by atoms with Gasteiger partial charge in [-0.1, -0.05) is 81.4 Å². The molecule has 0 aliphatic rings. The van der Waals surface area contributed by atoms with Crippen LogP contribution in [0.4, 0.5) is 14.9 Å². The lowest BCUT2D eigenvalue weighted by Gasteiger charge is -2.31. The molecule has 3 rings (SSSR count). The lowest BCUT2D eigenvalue weighted by molar-refractivity contribution is -0.124. The summed E-state index contributed by atoms with van der Waals surface area (Å²) in [5, 5.41) is 16.2. The predicted octanol–water partition coefficient (Wildman–Crippen LogP) is 5.43. The average molecular weight is 685 g/mol. The van der Waals surface area contributed by atoms with E-state index in [1.807, 2.05) is 81.4 Å². The first kappa shape index (κ1) is 38.4. The summed E-state index contributed by atoms with van der Waals surface area (Å²) >= 11 is 0. The van der Waals surface area contributed by atoms with Gasteiger partial charge in [-0.2, -0.15) is 4.31 Å². The topological polar surface area (TPSA) is 151 Å². The number of nitrogen functional groups attached to an aromatic ring is 1. The van der Waals surface area contributed by atoms with E-state index in [4.69, 9.17) is 10.5 Å². The number of aliphatic hydroxyl groups excluding tert-OH is 1. The van der Waals surface area contributed by atoms with Gasteiger partial charge < -0.3 is 26.2 Å². The molecule has 0 spiro atoms. The number of alkyl carbamates (subject to hydrolysis) is 1. The van der Waals surface area contributed by atoms with E-state index in [1.165, 1.54) is 23.5 Å². The monoisotopic (exact) mass is 684 g/mol. The van der Waals surface area contributed by atoms with Crippen LogP contribution < -0.4 is 16.4 Å². The highest BCUT2D eigenvalue weighted by Gasteiger charge is 2.35. The van der Waals surface area contributed by atoms with Crippen molar-refractivity contribution in [3.8, 4) is 0 Å². The maximum Gasteiger partial charge on any atom is 0.407 e. The van der Waals surface area contributed by atoms with Crippen LogP contribution in [-0.2, 0) is 19.6 Å². The number of carbonyl (C=O) groups is 2. The molecule has 0 aromatic heterocycles. The Kier molecular flexibility index (Phi) is 14.8. The van der Waals surface area contributed by atoms with Gasteiger partial charge in [-0.3, -0.25) is 4.79 Å².